The first-order valence-corrected chi connectivity index (χ1v) is 8.91. The summed E-state index contributed by atoms with van der Waals surface area (Å²) >= 11 is 0. The average molecular weight is 417 g/mol. The van der Waals surface area contributed by atoms with Crippen LogP contribution >= 0.6 is 0 Å². The van der Waals surface area contributed by atoms with E-state index in [0.717, 1.165) is 12.3 Å². The van der Waals surface area contributed by atoms with Crippen molar-refractivity contribution < 1.29 is 22.7 Å². The number of carbonyl (C=O) groups is 1. The molecule has 1 amide bonds. The van der Waals surface area contributed by atoms with Crippen LogP contribution in [0.3, 0.4) is 0 Å². The molecule has 3 aromatic rings. The summed E-state index contributed by atoms with van der Waals surface area (Å²) in [6.07, 6.45) is 0.594. The van der Waals surface area contributed by atoms with Gasteiger partial charge >= 0.3 is 6.18 Å². The summed E-state index contributed by atoms with van der Waals surface area (Å²) < 4.78 is 43.6. The number of alkyl halides is 3. The lowest BCUT2D eigenvalue weighted by molar-refractivity contribution is -0.137. The Balaban J connectivity index is 1.73. The van der Waals surface area contributed by atoms with Crippen molar-refractivity contribution in [3.8, 4) is 5.75 Å². The van der Waals surface area contributed by atoms with Crippen LogP contribution in [0.2, 0.25) is 0 Å². The highest BCUT2D eigenvalue weighted by Crippen LogP contribution is 2.29. The number of hydrogen-bond acceptors (Lipinski definition) is 6. The van der Waals surface area contributed by atoms with Crippen LogP contribution in [0.4, 0.5) is 30.5 Å². The van der Waals surface area contributed by atoms with Gasteiger partial charge in [-0.3, -0.25) is 9.78 Å². The van der Waals surface area contributed by atoms with Crippen LogP contribution in [-0.4, -0.2) is 27.0 Å². The lowest BCUT2D eigenvalue weighted by atomic mass is 10.2. The largest absolute Gasteiger partial charge is 0.489 e. The van der Waals surface area contributed by atoms with Crippen LogP contribution in [-0.2, 0) is 6.18 Å². The Morgan fingerprint density at radius 2 is 1.83 bits per heavy atom. The molecule has 3 rings (SSSR count). The van der Waals surface area contributed by atoms with Gasteiger partial charge in [0.05, 0.1) is 17.9 Å². The van der Waals surface area contributed by atoms with E-state index in [9.17, 15) is 18.0 Å². The number of carbonyl (C=O) groups excluding carboxylic acids is 1. The maximum Gasteiger partial charge on any atom is 0.417 e. The Labute approximate surface area is 170 Å². The number of rotatable bonds is 6. The second-order valence-corrected chi connectivity index (χ2v) is 6.48. The number of pyridine rings is 3. The van der Waals surface area contributed by atoms with Gasteiger partial charge in [0.25, 0.3) is 5.91 Å². The second-order valence-electron chi connectivity index (χ2n) is 6.48. The summed E-state index contributed by atoms with van der Waals surface area (Å²) in [6, 6.07) is 6.69. The molecule has 3 aromatic heterocycles. The minimum absolute atomic E-state index is 0.0870. The van der Waals surface area contributed by atoms with Crippen LogP contribution in [0.1, 0.15) is 29.8 Å². The summed E-state index contributed by atoms with van der Waals surface area (Å²) in [5.41, 5.74) is -0.171. The van der Waals surface area contributed by atoms with Crippen molar-refractivity contribution in [2.45, 2.75) is 26.1 Å². The first kappa shape index (κ1) is 21.0. The van der Waals surface area contributed by atoms with Gasteiger partial charge < -0.3 is 15.4 Å². The maximum atomic E-state index is 12.6. The standard InChI is InChI=1S/C20H18F3N5O2/c1-12(2)30-16-6-7-24-11-15(16)27-19(29)13-5-8-25-18(9-13)28-17-4-3-14(10-26-17)20(21,22)23/h3-12H,1-2H3,(H,27,29)(H,25,26,28). The van der Waals surface area contributed by atoms with Gasteiger partial charge in [0.2, 0.25) is 0 Å². The molecule has 0 radical (unpaired) electrons. The third-order valence-corrected chi connectivity index (χ3v) is 3.76. The molecule has 2 N–H and O–H groups in total. The molecule has 0 saturated heterocycles. The molecule has 0 aliphatic heterocycles. The van der Waals surface area contributed by atoms with E-state index in [1.807, 2.05) is 13.8 Å². The Hall–Kier alpha value is -3.69. The molecule has 0 bridgehead atoms. The SMILES string of the molecule is CC(C)Oc1ccncc1NC(=O)c1ccnc(Nc2ccc(C(F)(F)F)cn2)c1. The van der Waals surface area contributed by atoms with Crippen molar-refractivity contribution in [1.82, 2.24) is 15.0 Å². The first-order chi connectivity index (χ1) is 14.2. The number of nitrogens with zero attached hydrogens (tertiary/aromatic N) is 3. The van der Waals surface area contributed by atoms with E-state index < -0.39 is 17.6 Å². The van der Waals surface area contributed by atoms with Crippen molar-refractivity contribution in [3.63, 3.8) is 0 Å². The third kappa shape index (κ3) is 5.43. The predicted molar refractivity (Wildman–Crippen MR) is 105 cm³/mol. The maximum absolute atomic E-state index is 12.6. The number of hydrogen-bond donors (Lipinski definition) is 2. The van der Waals surface area contributed by atoms with E-state index >= 15 is 0 Å². The zero-order chi connectivity index (χ0) is 21.7. The van der Waals surface area contributed by atoms with Gasteiger partial charge in [0.15, 0.2) is 0 Å². The summed E-state index contributed by atoms with van der Waals surface area (Å²) in [7, 11) is 0. The van der Waals surface area contributed by atoms with Crippen LogP contribution in [0, 0.1) is 0 Å². The van der Waals surface area contributed by atoms with Crippen molar-refractivity contribution in [3.05, 3.63) is 66.2 Å². The van der Waals surface area contributed by atoms with Gasteiger partial charge in [0.1, 0.15) is 23.1 Å². The summed E-state index contributed by atoms with van der Waals surface area (Å²) in [4.78, 5) is 24.4. The van der Waals surface area contributed by atoms with Gasteiger partial charge in [-0.05, 0) is 38.1 Å². The van der Waals surface area contributed by atoms with Gasteiger partial charge in [-0.15, -0.1) is 0 Å². The number of anilines is 3. The number of nitrogens with one attached hydrogen (secondary N) is 2. The van der Waals surface area contributed by atoms with E-state index in [1.165, 1.54) is 30.6 Å². The Morgan fingerprint density at radius 3 is 2.50 bits per heavy atom. The van der Waals surface area contributed by atoms with Gasteiger partial charge in [-0.1, -0.05) is 0 Å². The zero-order valence-corrected chi connectivity index (χ0v) is 16.1. The number of halogens is 3. The molecule has 0 atom stereocenters. The number of amides is 1. The minimum Gasteiger partial charge on any atom is -0.489 e. The zero-order valence-electron chi connectivity index (χ0n) is 16.1. The molecule has 10 heteroatoms. The quantitative estimate of drug-likeness (QED) is 0.606. The Kier molecular flexibility index (Phi) is 6.14. The molecule has 0 spiro atoms. The molecule has 0 saturated carbocycles. The molecule has 0 unspecified atom stereocenters. The molecule has 0 aromatic carbocycles. The minimum atomic E-state index is -4.47. The van der Waals surface area contributed by atoms with E-state index in [4.69, 9.17) is 4.74 Å². The van der Waals surface area contributed by atoms with Gasteiger partial charge in [-0.25, -0.2) is 9.97 Å². The van der Waals surface area contributed by atoms with E-state index in [1.54, 1.807) is 12.3 Å². The predicted octanol–water partition coefficient (Wildman–Crippen LogP) is 4.67. The highest BCUT2D eigenvalue weighted by molar-refractivity contribution is 6.05. The van der Waals surface area contributed by atoms with E-state index in [2.05, 4.69) is 25.6 Å². The van der Waals surface area contributed by atoms with Crippen molar-refractivity contribution in [2.75, 3.05) is 10.6 Å². The molecule has 0 aliphatic carbocycles. The molecular weight excluding hydrogens is 399 g/mol. The number of ether oxygens (including phenoxy) is 1. The lowest BCUT2D eigenvalue weighted by Crippen LogP contribution is -2.15. The first-order valence-electron chi connectivity index (χ1n) is 8.91. The van der Waals surface area contributed by atoms with Crippen LogP contribution in [0.25, 0.3) is 0 Å². The second kappa shape index (κ2) is 8.76. The normalized spacial score (nSPS) is 11.3. The molecule has 7 nitrogen and oxygen atoms in total. The topological polar surface area (TPSA) is 89.0 Å². The fourth-order valence-corrected chi connectivity index (χ4v) is 2.43. The summed E-state index contributed by atoms with van der Waals surface area (Å²) in [5, 5.41) is 5.50. The van der Waals surface area contributed by atoms with Gasteiger partial charge in [-0.2, -0.15) is 13.2 Å². The molecular formula is C20H18F3N5O2. The molecule has 156 valence electrons. The molecule has 30 heavy (non-hydrogen) atoms. The average Bonchev–Trinajstić information content (AvgIpc) is 2.69. The summed E-state index contributed by atoms with van der Waals surface area (Å²) in [5.74, 6) is 0.463. The van der Waals surface area contributed by atoms with Crippen LogP contribution < -0.4 is 15.4 Å². The van der Waals surface area contributed by atoms with Gasteiger partial charge in [0, 0.05) is 30.2 Å². The molecule has 3 heterocycles. The summed E-state index contributed by atoms with van der Waals surface area (Å²) in [6.45, 7) is 3.73. The fourth-order valence-electron chi connectivity index (χ4n) is 2.43. The highest BCUT2D eigenvalue weighted by atomic mass is 19.4. The number of aromatic nitrogens is 3. The van der Waals surface area contributed by atoms with Crippen LogP contribution in [0.15, 0.2) is 55.1 Å². The smallest absolute Gasteiger partial charge is 0.417 e. The lowest BCUT2D eigenvalue weighted by Gasteiger charge is -2.14. The van der Waals surface area contributed by atoms with Crippen molar-refractivity contribution in [2.24, 2.45) is 0 Å². The molecule has 0 aliphatic rings. The Morgan fingerprint density at radius 1 is 1.03 bits per heavy atom. The van der Waals surface area contributed by atoms with Crippen molar-refractivity contribution in [1.29, 1.82) is 0 Å². The Bertz CT molecular complexity index is 1020. The molecule has 0 fully saturated rings. The fraction of sp³-hybridized carbons (Fsp3) is 0.200. The van der Waals surface area contributed by atoms with E-state index in [-0.39, 0.29) is 23.3 Å². The monoisotopic (exact) mass is 417 g/mol. The highest BCUT2D eigenvalue weighted by Gasteiger charge is 2.30. The van der Waals surface area contributed by atoms with Crippen LogP contribution in [0.5, 0.6) is 5.75 Å². The van der Waals surface area contributed by atoms with E-state index in [0.29, 0.717) is 11.4 Å². The third-order valence-electron chi connectivity index (χ3n) is 3.76. The van der Waals surface area contributed by atoms with Crippen molar-refractivity contribution >= 4 is 23.2 Å².